The normalized spacial score (nSPS) is 26.4. The molecule has 0 aromatic rings. The van der Waals surface area contributed by atoms with Gasteiger partial charge >= 0.3 is 5.97 Å². The molecule has 0 bridgehead atoms. The highest BCUT2D eigenvalue weighted by Crippen LogP contribution is 2.17. The monoisotopic (exact) mass is 203 g/mol. The van der Waals surface area contributed by atoms with E-state index in [1.807, 2.05) is 11.8 Å². The number of hydrogen-bond donors (Lipinski definition) is 2. The lowest BCUT2D eigenvalue weighted by Crippen LogP contribution is -2.41. The van der Waals surface area contributed by atoms with Crippen molar-refractivity contribution >= 4 is 17.7 Å². The fourth-order valence-electron chi connectivity index (χ4n) is 1.50. The summed E-state index contributed by atoms with van der Waals surface area (Å²) in [7, 11) is 0. The molecule has 0 amide bonds. The van der Waals surface area contributed by atoms with Crippen LogP contribution in [0.1, 0.15) is 26.2 Å². The Hall–Kier alpha value is -0.220. The minimum Gasteiger partial charge on any atom is -0.480 e. The van der Waals surface area contributed by atoms with Gasteiger partial charge in [0.15, 0.2) is 0 Å². The third-order valence-corrected chi connectivity index (χ3v) is 3.41. The molecule has 0 aromatic carbocycles. The van der Waals surface area contributed by atoms with E-state index >= 15 is 0 Å². The zero-order valence-electron chi connectivity index (χ0n) is 7.95. The summed E-state index contributed by atoms with van der Waals surface area (Å²) in [6.45, 7) is 1.71. The summed E-state index contributed by atoms with van der Waals surface area (Å²) < 4.78 is 0. The molecular weight excluding hydrogens is 186 g/mol. The quantitative estimate of drug-likeness (QED) is 0.726. The third kappa shape index (κ3) is 4.00. The Bertz CT molecular complexity index is 167. The Morgan fingerprint density at radius 1 is 1.54 bits per heavy atom. The highest BCUT2D eigenvalue weighted by Gasteiger charge is 2.17. The summed E-state index contributed by atoms with van der Waals surface area (Å²) in [6, 6.07) is -0.00537. The van der Waals surface area contributed by atoms with Crippen LogP contribution in [0, 0.1) is 0 Å². The number of thioether (sulfide) groups is 1. The number of carboxylic acids is 1. The average Bonchev–Trinajstić information content (AvgIpc) is 2.32. The minimum absolute atomic E-state index is 0.404. The maximum atomic E-state index is 10.6. The molecule has 1 heterocycles. The zero-order chi connectivity index (χ0) is 9.68. The molecule has 1 fully saturated rings. The predicted octanol–water partition coefficient (Wildman–Crippen LogP) is 1.33. The van der Waals surface area contributed by atoms with Gasteiger partial charge in [-0.2, -0.15) is 11.8 Å². The van der Waals surface area contributed by atoms with Gasteiger partial charge in [-0.3, -0.25) is 4.79 Å². The van der Waals surface area contributed by atoms with Crippen molar-refractivity contribution in [3.63, 3.8) is 0 Å². The fourth-order valence-corrected chi connectivity index (χ4v) is 2.52. The van der Waals surface area contributed by atoms with E-state index in [0.717, 1.165) is 18.6 Å². The third-order valence-electron chi connectivity index (χ3n) is 2.31. The molecule has 4 heteroatoms. The summed E-state index contributed by atoms with van der Waals surface area (Å²) in [5, 5.41) is 11.9. The maximum Gasteiger partial charge on any atom is 0.320 e. The van der Waals surface area contributed by atoms with E-state index in [2.05, 4.69) is 5.32 Å². The van der Waals surface area contributed by atoms with Crippen LogP contribution >= 0.6 is 11.8 Å². The molecule has 0 saturated carbocycles. The second-order valence-corrected chi connectivity index (χ2v) is 4.69. The van der Waals surface area contributed by atoms with Crippen LogP contribution in [0.25, 0.3) is 0 Å². The molecule has 2 N–H and O–H groups in total. The Morgan fingerprint density at radius 3 is 3.00 bits per heavy atom. The van der Waals surface area contributed by atoms with Gasteiger partial charge in [-0.15, -0.1) is 0 Å². The van der Waals surface area contributed by atoms with Gasteiger partial charge in [-0.05, 0) is 37.7 Å². The van der Waals surface area contributed by atoms with Gasteiger partial charge < -0.3 is 10.4 Å². The zero-order valence-corrected chi connectivity index (χ0v) is 8.77. The molecule has 0 spiro atoms. The van der Waals surface area contributed by atoms with Crippen LogP contribution in [0.4, 0.5) is 0 Å². The molecule has 0 aromatic heterocycles. The lowest BCUT2D eigenvalue weighted by molar-refractivity contribution is -0.139. The first-order chi connectivity index (χ1) is 6.20. The van der Waals surface area contributed by atoms with Crippen LogP contribution in [0.3, 0.4) is 0 Å². The molecule has 0 radical (unpaired) electrons. The van der Waals surface area contributed by atoms with Crippen molar-refractivity contribution in [1.82, 2.24) is 5.32 Å². The van der Waals surface area contributed by atoms with Crippen LogP contribution in [0.15, 0.2) is 0 Å². The fraction of sp³-hybridized carbons (Fsp3) is 0.889. The molecule has 1 aliphatic rings. The second-order valence-electron chi connectivity index (χ2n) is 3.47. The average molecular weight is 203 g/mol. The van der Waals surface area contributed by atoms with E-state index in [1.165, 1.54) is 12.2 Å². The minimum atomic E-state index is -0.753. The Kier molecular flexibility index (Phi) is 4.59. The summed E-state index contributed by atoms with van der Waals surface area (Å²) in [5.74, 6) is 1.63. The van der Waals surface area contributed by atoms with Gasteiger partial charge in [0.1, 0.15) is 6.04 Å². The SMILES string of the molecule is C[C@@H](NC1CCCSCC1)C(=O)O. The van der Waals surface area contributed by atoms with Crippen LogP contribution in [-0.4, -0.2) is 34.7 Å². The molecule has 76 valence electrons. The van der Waals surface area contributed by atoms with Gasteiger partial charge in [-0.25, -0.2) is 0 Å². The largest absolute Gasteiger partial charge is 0.480 e. The number of carbonyl (C=O) groups is 1. The lowest BCUT2D eigenvalue weighted by atomic mass is 10.1. The number of nitrogens with one attached hydrogen (secondary N) is 1. The Morgan fingerprint density at radius 2 is 2.31 bits per heavy atom. The first-order valence-electron chi connectivity index (χ1n) is 4.76. The van der Waals surface area contributed by atoms with Crippen LogP contribution < -0.4 is 5.32 Å². The second kappa shape index (κ2) is 5.50. The predicted molar refractivity (Wildman–Crippen MR) is 55.2 cm³/mol. The van der Waals surface area contributed by atoms with Crippen molar-refractivity contribution in [3.05, 3.63) is 0 Å². The summed E-state index contributed by atoms with van der Waals surface area (Å²) in [4.78, 5) is 10.6. The topological polar surface area (TPSA) is 49.3 Å². The molecule has 1 unspecified atom stereocenters. The first kappa shape index (κ1) is 10.9. The van der Waals surface area contributed by atoms with E-state index in [1.54, 1.807) is 6.92 Å². The van der Waals surface area contributed by atoms with Crippen molar-refractivity contribution in [3.8, 4) is 0 Å². The summed E-state index contributed by atoms with van der Waals surface area (Å²) in [6.07, 6.45) is 3.42. The Balaban J connectivity index is 2.29. The number of carboxylic acid groups (broad SMARTS) is 1. The highest BCUT2D eigenvalue weighted by atomic mass is 32.2. The molecular formula is C9H17NO2S. The van der Waals surface area contributed by atoms with E-state index in [0.29, 0.717) is 6.04 Å². The van der Waals surface area contributed by atoms with Crippen molar-refractivity contribution in [2.75, 3.05) is 11.5 Å². The van der Waals surface area contributed by atoms with Crippen molar-refractivity contribution in [1.29, 1.82) is 0 Å². The maximum absolute atomic E-state index is 10.6. The molecule has 13 heavy (non-hydrogen) atoms. The molecule has 1 saturated heterocycles. The van der Waals surface area contributed by atoms with Gasteiger partial charge in [-0.1, -0.05) is 0 Å². The van der Waals surface area contributed by atoms with E-state index < -0.39 is 12.0 Å². The Labute approximate surface area is 83.3 Å². The number of rotatable bonds is 3. The van der Waals surface area contributed by atoms with E-state index in [-0.39, 0.29) is 0 Å². The smallest absolute Gasteiger partial charge is 0.320 e. The summed E-state index contributed by atoms with van der Waals surface area (Å²) >= 11 is 1.97. The standard InChI is InChI=1S/C9H17NO2S/c1-7(9(11)12)10-8-3-2-5-13-6-4-8/h7-8,10H,2-6H2,1H3,(H,11,12)/t7-,8?/m1/s1. The van der Waals surface area contributed by atoms with Crippen LogP contribution in [0.2, 0.25) is 0 Å². The number of aliphatic carboxylic acids is 1. The van der Waals surface area contributed by atoms with Crippen LogP contribution in [0.5, 0.6) is 0 Å². The van der Waals surface area contributed by atoms with E-state index in [9.17, 15) is 4.79 Å². The van der Waals surface area contributed by atoms with Gasteiger partial charge in [0.05, 0.1) is 0 Å². The van der Waals surface area contributed by atoms with Gasteiger partial charge in [0.25, 0.3) is 0 Å². The van der Waals surface area contributed by atoms with Crippen molar-refractivity contribution in [2.24, 2.45) is 0 Å². The molecule has 0 aliphatic carbocycles. The first-order valence-corrected chi connectivity index (χ1v) is 5.92. The summed E-state index contributed by atoms with van der Waals surface area (Å²) in [5.41, 5.74) is 0. The van der Waals surface area contributed by atoms with Crippen molar-refractivity contribution < 1.29 is 9.90 Å². The highest BCUT2D eigenvalue weighted by molar-refractivity contribution is 7.99. The lowest BCUT2D eigenvalue weighted by Gasteiger charge is -2.18. The molecule has 2 atom stereocenters. The molecule has 1 aliphatic heterocycles. The number of hydrogen-bond acceptors (Lipinski definition) is 3. The van der Waals surface area contributed by atoms with Gasteiger partial charge in [0, 0.05) is 6.04 Å². The molecule has 3 nitrogen and oxygen atoms in total. The van der Waals surface area contributed by atoms with Crippen LogP contribution in [-0.2, 0) is 4.79 Å². The van der Waals surface area contributed by atoms with E-state index in [4.69, 9.17) is 5.11 Å². The molecule has 1 rings (SSSR count). The van der Waals surface area contributed by atoms with Crippen molar-refractivity contribution in [2.45, 2.75) is 38.3 Å². The van der Waals surface area contributed by atoms with Gasteiger partial charge in [0.2, 0.25) is 0 Å².